The minimum atomic E-state index is -0.955. The summed E-state index contributed by atoms with van der Waals surface area (Å²) in [5, 5.41) is 14.7. The number of benzene rings is 1. The second-order valence-corrected chi connectivity index (χ2v) is 6.51. The monoisotopic (exact) mass is 312 g/mol. The molecule has 0 radical (unpaired) electrons. The molecule has 0 aliphatic carbocycles. The van der Waals surface area contributed by atoms with Crippen molar-refractivity contribution in [1.29, 1.82) is 0 Å². The van der Waals surface area contributed by atoms with Crippen molar-refractivity contribution in [2.45, 2.75) is 40.2 Å². The molecule has 0 saturated carbocycles. The van der Waals surface area contributed by atoms with Crippen LogP contribution in [0.4, 0.5) is 10.5 Å². The molecule has 1 aromatic rings. The molecule has 2 amide bonds. The molecule has 5 nitrogen and oxygen atoms in total. The predicted octanol–water partition coefficient (Wildman–Crippen LogP) is 3.66. The van der Waals surface area contributed by atoms with Crippen molar-refractivity contribution in [2.75, 3.05) is 5.32 Å². The summed E-state index contributed by atoms with van der Waals surface area (Å²) < 4.78 is 0. The molecular weight excluding hydrogens is 292 g/mol. The number of carbonyl (C=O) groups excluding carboxylic acids is 1. The number of carboxylic acid groups (broad SMARTS) is 1. The molecule has 6 heteroatoms. The van der Waals surface area contributed by atoms with E-state index in [2.05, 4.69) is 10.6 Å². The molecule has 1 aromatic carbocycles. The maximum Gasteiger partial charge on any atom is 0.319 e. The molecule has 1 unspecified atom stereocenters. The van der Waals surface area contributed by atoms with Gasteiger partial charge in [0.2, 0.25) is 0 Å². The molecule has 0 bridgehead atoms. The minimum Gasteiger partial charge on any atom is -0.481 e. The average molecular weight is 313 g/mol. The van der Waals surface area contributed by atoms with E-state index in [4.69, 9.17) is 16.7 Å². The number of carboxylic acids is 1. The largest absolute Gasteiger partial charge is 0.481 e. The summed E-state index contributed by atoms with van der Waals surface area (Å²) in [5.74, 6) is -0.955. The maximum atomic E-state index is 12.0. The molecule has 116 valence electrons. The van der Waals surface area contributed by atoms with Crippen LogP contribution in [0.1, 0.15) is 32.8 Å². The van der Waals surface area contributed by atoms with Crippen LogP contribution in [0.2, 0.25) is 5.02 Å². The normalized spacial score (nSPS) is 12.6. The van der Waals surface area contributed by atoms with Crippen LogP contribution in [0.5, 0.6) is 0 Å². The third-order valence-electron chi connectivity index (χ3n) is 3.10. The Bertz CT molecular complexity index is 538. The first-order chi connectivity index (χ1) is 9.59. The van der Waals surface area contributed by atoms with Crippen LogP contribution in [-0.4, -0.2) is 23.1 Å². The zero-order valence-electron chi connectivity index (χ0n) is 12.7. The van der Waals surface area contributed by atoms with Gasteiger partial charge in [0.15, 0.2) is 0 Å². The minimum absolute atomic E-state index is 0.140. The first-order valence-corrected chi connectivity index (χ1v) is 7.03. The van der Waals surface area contributed by atoms with Crippen molar-refractivity contribution in [3.63, 3.8) is 0 Å². The zero-order valence-corrected chi connectivity index (χ0v) is 13.4. The zero-order chi connectivity index (χ0) is 16.2. The van der Waals surface area contributed by atoms with Gasteiger partial charge in [0.25, 0.3) is 0 Å². The molecule has 0 saturated heterocycles. The summed E-state index contributed by atoms with van der Waals surface area (Å²) in [6, 6.07) is 4.33. The SMILES string of the molecule is Cc1ccc(NC(=O)NC(CC(=O)O)C(C)(C)C)c(Cl)c1. The topological polar surface area (TPSA) is 78.4 Å². The highest BCUT2D eigenvalue weighted by Gasteiger charge is 2.28. The number of anilines is 1. The Morgan fingerprint density at radius 3 is 2.43 bits per heavy atom. The van der Waals surface area contributed by atoms with E-state index in [1.54, 1.807) is 12.1 Å². The second-order valence-electron chi connectivity index (χ2n) is 6.10. The molecular formula is C15H21ClN2O3. The van der Waals surface area contributed by atoms with E-state index in [9.17, 15) is 9.59 Å². The third kappa shape index (κ3) is 5.63. The summed E-state index contributed by atoms with van der Waals surface area (Å²) in [5.41, 5.74) is 1.11. The molecule has 0 heterocycles. The van der Waals surface area contributed by atoms with Crippen LogP contribution >= 0.6 is 11.6 Å². The van der Waals surface area contributed by atoms with Crippen molar-refractivity contribution in [3.8, 4) is 0 Å². The van der Waals surface area contributed by atoms with Crippen LogP contribution in [0.3, 0.4) is 0 Å². The van der Waals surface area contributed by atoms with Crippen molar-refractivity contribution in [1.82, 2.24) is 5.32 Å². The quantitative estimate of drug-likeness (QED) is 0.794. The number of rotatable bonds is 4. The van der Waals surface area contributed by atoms with Gasteiger partial charge in [0.05, 0.1) is 17.1 Å². The van der Waals surface area contributed by atoms with E-state index in [1.165, 1.54) is 0 Å². The van der Waals surface area contributed by atoms with Gasteiger partial charge < -0.3 is 15.7 Å². The van der Waals surface area contributed by atoms with E-state index in [0.717, 1.165) is 5.56 Å². The van der Waals surface area contributed by atoms with Crippen LogP contribution in [0, 0.1) is 12.3 Å². The molecule has 0 aliphatic rings. The van der Waals surface area contributed by atoms with Gasteiger partial charge in [0, 0.05) is 6.04 Å². The molecule has 0 aliphatic heterocycles. The Hall–Kier alpha value is -1.75. The van der Waals surface area contributed by atoms with Crippen LogP contribution < -0.4 is 10.6 Å². The first kappa shape index (κ1) is 17.3. The molecule has 3 N–H and O–H groups in total. The molecule has 1 rings (SSSR count). The molecule has 0 fully saturated rings. The number of carbonyl (C=O) groups is 2. The number of halogens is 1. The Balaban J connectivity index is 2.76. The number of nitrogens with one attached hydrogen (secondary N) is 2. The van der Waals surface area contributed by atoms with E-state index in [1.807, 2.05) is 33.8 Å². The Morgan fingerprint density at radius 2 is 1.95 bits per heavy atom. The lowest BCUT2D eigenvalue weighted by Gasteiger charge is -2.30. The summed E-state index contributed by atoms with van der Waals surface area (Å²) in [7, 11) is 0. The average Bonchev–Trinajstić information content (AvgIpc) is 2.30. The predicted molar refractivity (Wildman–Crippen MR) is 83.8 cm³/mol. The number of hydrogen-bond donors (Lipinski definition) is 3. The number of amides is 2. The highest BCUT2D eigenvalue weighted by molar-refractivity contribution is 6.33. The number of aryl methyl sites for hydroxylation is 1. The van der Waals surface area contributed by atoms with Crippen LogP contribution in [0.15, 0.2) is 18.2 Å². The van der Waals surface area contributed by atoms with Gasteiger partial charge in [-0.05, 0) is 30.0 Å². The maximum absolute atomic E-state index is 12.0. The van der Waals surface area contributed by atoms with Crippen LogP contribution in [0.25, 0.3) is 0 Å². The highest BCUT2D eigenvalue weighted by Crippen LogP contribution is 2.24. The Kier molecular flexibility index (Phi) is 5.61. The summed E-state index contributed by atoms with van der Waals surface area (Å²) in [6.45, 7) is 7.53. The van der Waals surface area contributed by atoms with Crippen molar-refractivity contribution in [2.24, 2.45) is 5.41 Å². The standard InChI is InChI=1S/C15H21ClN2O3/c1-9-5-6-11(10(16)7-9)17-14(21)18-12(8-13(19)20)15(2,3)4/h5-7,12H,8H2,1-4H3,(H,19,20)(H2,17,18,21). The summed E-state index contributed by atoms with van der Waals surface area (Å²) in [6.07, 6.45) is -0.140. The van der Waals surface area contributed by atoms with Crippen LogP contribution in [-0.2, 0) is 4.79 Å². The lowest BCUT2D eigenvalue weighted by molar-refractivity contribution is -0.138. The molecule has 1 atom stereocenters. The van der Waals surface area contributed by atoms with Gasteiger partial charge in [-0.2, -0.15) is 0 Å². The number of urea groups is 1. The fourth-order valence-electron chi connectivity index (χ4n) is 1.79. The second kappa shape index (κ2) is 6.80. The van der Waals surface area contributed by atoms with E-state index in [0.29, 0.717) is 10.7 Å². The summed E-state index contributed by atoms with van der Waals surface area (Å²) in [4.78, 5) is 22.9. The fourth-order valence-corrected chi connectivity index (χ4v) is 2.07. The van der Waals surface area contributed by atoms with Crippen molar-refractivity contribution >= 4 is 29.3 Å². The first-order valence-electron chi connectivity index (χ1n) is 6.65. The van der Waals surface area contributed by atoms with Gasteiger partial charge in [-0.25, -0.2) is 4.79 Å². The van der Waals surface area contributed by atoms with Crippen molar-refractivity contribution in [3.05, 3.63) is 28.8 Å². The van der Waals surface area contributed by atoms with Gasteiger partial charge in [-0.15, -0.1) is 0 Å². The van der Waals surface area contributed by atoms with Crippen molar-refractivity contribution < 1.29 is 14.7 Å². The number of hydrogen-bond acceptors (Lipinski definition) is 2. The molecule has 21 heavy (non-hydrogen) atoms. The fraction of sp³-hybridized carbons (Fsp3) is 0.467. The van der Waals surface area contributed by atoms with E-state index < -0.39 is 18.0 Å². The van der Waals surface area contributed by atoms with E-state index >= 15 is 0 Å². The highest BCUT2D eigenvalue weighted by atomic mass is 35.5. The van der Waals surface area contributed by atoms with Gasteiger partial charge >= 0.3 is 12.0 Å². The Morgan fingerprint density at radius 1 is 1.33 bits per heavy atom. The van der Waals surface area contributed by atoms with Gasteiger partial charge in [0.1, 0.15) is 0 Å². The van der Waals surface area contributed by atoms with Gasteiger partial charge in [-0.1, -0.05) is 38.4 Å². The summed E-state index contributed by atoms with van der Waals surface area (Å²) >= 11 is 6.05. The lowest BCUT2D eigenvalue weighted by Crippen LogP contribution is -2.46. The molecule has 0 spiro atoms. The molecule has 0 aromatic heterocycles. The number of aliphatic carboxylic acids is 1. The Labute approximate surface area is 129 Å². The smallest absolute Gasteiger partial charge is 0.319 e. The van der Waals surface area contributed by atoms with E-state index in [-0.39, 0.29) is 11.8 Å². The van der Waals surface area contributed by atoms with Gasteiger partial charge in [-0.3, -0.25) is 4.79 Å². The lowest BCUT2D eigenvalue weighted by atomic mass is 9.85. The third-order valence-corrected chi connectivity index (χ3v) is 3.41.